The molecule has 3 N–H and O–H groups in total. The van der Waals surface area contributed by atoms with Gasteiger partial charge in [-0.05, 0) is 32.1 Å². The standard InChI is InChI=1S/C13H30N2/c1-6-7-13(10(2)3)8-11(4)15-12(5)9-14/h10-13,15H,6-9,14H2,1-5H3. The molecule has 3 unspecified atom stereocenters. The molecule has 0 aliphatic carbocycles. The van der Waals surface area contributed by atoms with E-state index in [1.807, 2.05) is 0 Å². The normalized spacial score (nSPS) is 17.8. The molecule has 3 atom stereocenters. The molecule has 0 aromatic rings. The molecule has 0 fully saturated rings. The van der Waals surface area contributed by atoms with Gasteiger partial charge in [0.2, 0.25) is 0 Å². The Labute approximate surface area is 96.0 Å². The van der Waals surface area contributed by atoms with Gasteiger partial charge in [-0.3, -0.25) is 0 Å². The van der Waals surface area contributed by atoms with Crippen LogP contribution in [0.25, 0.3) is 0 Å². The molecule has 2 nitrogen and oxygen atoms in total. The van der Waals surface area contributed by atoms with Crippen molar-refractivity contribution in [2.45, 2.75) is 66.0 Å². The molecule has 15 heavy (non-hydrogen) atoms. The molecule has 0 aliphatic rings. The van der Waals surface area contributed by atoms with Crippen LogP contribution in [0, 0.1) is 11.8 Å². The van der Waals surface area contributed by atoms with Crippen LogP contribution in [-0.2, 0) is 0 Å². The zero-order valence-corrected chi connectivity index (χ0v) is 11.2. The van der Waals surface area contributed by atoms with Gasteiger partial charge in [0.05, 0.1) is 0 Å². The van der Waals surface area contributed by atoms with Gasteiger partial charge in [-0.25, -0.2) is 0 Å². The molecule has 0 heterocycles. The maximum absolute atomic E-state index is 5.61. The zero-order valence-electron chi connectivity index (χ0n) is 11.2. The highest BCUT2D eigenvalue weighted by Gasteiger charge is 2.16. The second kappa shape index (κ2) is 8.12. The van der Waals surface area contributed by atoms with Crippen LogP contribution in [0.4, 0.5) is 0 Å². The van der Waals surface area contributed by atoms with Gasteiger partial charge in [0.1, 0.15) is 0 Å². The van der Waals surface area contributed by atoms with Gasteiger partial charge >= 0.3 is 0 Å². The molecule has 0 aliphatic heterocycles. The lowest BCUT2D eigenvalue weighted by molar-refractivity contribution is 0.288. The maximum atomic E-state index is 5.61. The Hall–Kier alpha value is -0.0800. The first-order valence-corrected chi connectivity index (χ1v) is 6.47. The fourth-order valence-corrected chi connectivity index (χ4v) is 2.17. The minimum absolute atomic E-state index is 0.439. The predicted octanol–water partition coefficient (Wildman–Crippen LogP) is 2.77. The van der Waals surface area contributed by atoms with E-state index in [0.717, 1.165) is 18.4 Å². The third-order valence-electron chi connectivity index (χ3n) is 3.18. The van der Waals surface area contributed by atoms with Crippen molar-refractivity contribution in [3.05, 3.63) is 0 Å². The maximum Gasteiger partial charge on any atom is 0.0164 e. The summed E-state index contributed by atoms with van der Waals surface area (Å²) in [4.78, 5) is 0. The number of nitrogens with two attached hydrogens (primary N) is 1. The van der Waals surface area contributed by atoms with E-state index in [1.54, 1.807) is 0 Å². The molecule has 0 spiro atoms. The Morgan fingerprint density at radius 3 is 2.07 bits per heavy atom. The van der Waals surface area contributed by atoms with Crippen molar-refractivity contribution in [3.8, 4) is 0 Å². The second-order valence-electron chi connectivity index (χ2n) is 5.23. The van der Waals surface area contributed by atoms with E-state index < -0.39 is 0 Å². The van der Waals surface area contributed by atoms with Gasteiger partial charge in [-0.2, -0.15) is 0 Å². The van der Waals surface area contributed by atoms with E-state index in [4.69, 9.17) is 5.73 Å². The highest BCUT2D eigenvalue weighted by molar-refractivity contribution is 4.73. The smallest absolute Gasteiger partial charge is 0.0164 e. The molecule has 0 bridgehead atoms. The Balaban J connectivity index is 3.93. The zero-order chi connectivity index (χ0) is 11.8. The minimum Gasteiger partial charge on any atom is -0.329 e. The number of rotatable bonds is 8. The molecule has 0 amide bonds. The van der Waals surface area contributed by atoms with Crippen molar-refractivity contribution in [1.29, 1.82) is 0 Å². The monoisotopic (exact) mass is 214 g/mol. The number of nitrogens with one attached hydrogen (secondary N) is 1. The van der Waals surface area contributed by atoms with Crippen molar-refractivity contribution < 1.29 is 0 Å². The van der Waals surface area contributed by atoms with Crippen LogP contribution >= 0.6 is 0 Å². The lowest BCUT2D eigenvalue weighted by Gasteiger charge is -2.26. The molecule has 2 heteroatoms. The van der Waals surface area contributed by atoms with E-state index in [-0.39, 0.29) is 0 Å². The molecular formula is C13H30N2. The summed E-state index contributed by atoms with van der Waals surface area (Å²) in [5, 5.41) is 3.55. The van der Waals surface area contributed by atoms with Crippen LogP contribution < -0.4 is 11.1 Å². The molecule has 92 valence electrons. The van der Waals surface area contributed by atoms with E-state index >= 15 is 0 Å². The van der Waals surface area contributed by atoms with Crippen molar-refractivity contribution in [2.75, 3.05) is 6.54 Å². The van der Waals surface area contributed by atoms with Crippen LogP contribution in [0.5, 0.6) is 0 Å². The van der Waals surface area contributed by atoms with Gasteiger partial charge in [0, 0.05) is 18.6 Å². The summed E-state index contributed by atoms with van der Waals surface area (Å²) >= 11 is 0. The van der Waals surface area contributed by atoms with Crippen LogP contribution in [0.1, 0.15) is 53.9 Å². The topological polar surface area (TPSA) is 38.0 Å². The lowest BCUT2D eigenvalue weighted by Crippen LogP contribution is -2.40. The first kappa shape index (κ1) is 14.9. The van der Waals surface area contributed by atoms with Crippen molar-refractivity contribution in [3.63, 3.8) is 0 Å². The SMILES string of the molecule is CCCC(CC(C)NC(C)CN)C(C)C. The second-order valence-corrected chi connectivity index (χ2v) is 5.23. The number of hydrogen-bond acceptors (Lipinski definition) is 2. The van der Waals surface area contributed by atoms with E-state index in [9.17, 15) is 0 Å². The quantitative estimate of drug-likeness (QED) is 0.652. The third-order valence-corrected chi connectivity index (χ3v) is 3.18. The molecule has 0 aromatic heterocycles. The summed E-state index contributed by atoms with van der Waals surface area (Å²) in [5.74, 6) is 1.64. The van der Waals surface area contributed by atoms with Gasteiger partial charge in [0.25, 0.3) is 0 Å². The van der Waals surface area contributed by atoms with E-state index in [0.29, 0.717) is 12.1 Å². The van der Waals surface area contributed by atoms with Crippen molar-refractivity contribution >= 4 is 0 Å². The summed E-state index contributed by atoms with van der Waals surface area (Å²) in [6, 6.07) is 1.02. The fourth-order valence-electron chi connectivity index (χ4n) is 2.17. The highest BCUT2D eigenvalue weighted by Crippen LogP contribution is 2.22. The predicted molar refractivity (Wildman–Crippen MR) is 69.0 cm³/mol. The number of hydrogen-bond donors (Lipinski definition) is 2. The van der Waals surface area contributed by atoms with Crippen LogP contribution in [0.3, 0.4) is 0 Å². The summed E-state index contributed by atoms with van der Waals surface area (Å²) in [6.45, 7) is 12.1. The summed E-state index contributed by atoms with van der Waals surface area (Å²) in [5.41, 5.74) is 5.61. The average Bonchev–Trinajstić information content (AvgIpc) is 2.16. The van der Waals surface area contributed by atoms with E-state index in [1.165, 1.54) is 19.3 Å². The molecule has 0 saturated carbocycles. The lowest BCUT2D eigenvalue weighted by atomic mass is 9.86. The fraction of sp³-hybridized carbons (Fsp3) is 1.00. The van der Waals surface area contributed by atoms with E-state index in [2.05, 4.69) is 39.9 Å². The van der Waals surface area contributed by atoms with Gasteiger partial charge in [-0.15, -0.1) is 0 Å². The molecule has 0 saturated heterocycles. The molecule has 0 radical (unpaired) electrons. The Bertz CT molecular complexity index is 145. The summed E-state index contributed by atoms with van der Waals surface area (Å²) in [7, 11) is 0. The highest BCUT2D eigenvalue weighted by atomic mass is 15.0. The van der Waals surface area contributed by atoms with Gasteiger partial charge < -0.3 is 11.1 Å². The van der Waals surface area contributed by atoms with Crippen LogP contribution in [-0.4, -0.2) is 18.6 Å². The van der Waals surface area contributed by atoms with Gasteiger partial charge in [-0.1, -0.05) is 33.6 Å². The Kier molecular flexibility index (Phi) is 8.07. The average molecular weight is 214 g/mol. The molecule has 0 aromatic carbocycles. The van der Waals surface area contributed by atoms with Crippen LogP contribution in [0.15, 0.2) is 0 Å². The third kappa shape index (κ3) is 6.91. The molecule has 0 rings (SSSR count). The Morgan fingerprint density at radius 2 is 1.67 bits per heavy atom. The first-order chi connectivity index (χ1) is 7.01. The first-order valence-electron chi connectivity index (χ1n) is 6.47. The Morgan fingerprint density at radius 1 is 1.07 bits per heavy atom. The minimum atomic E-state index is 0.439. The molecular weight excluding hydrogens is 184 g/mol. The van der Waals surface area contributed by atoms with Crippen LogP contribution in [0.2, 0.25) is 0 Å². The largest absolute Gasteiger partial charge is 0.329 e. The van der Waals surface area contributed by atoms with Gasteiger partial charge in [0.15, 0.2) is 0 Å². The summed E-state index contributed by atoms with van der Waals surface area (Å²) in [6.07, 6.45) is 3.92. The summed E-state index contributed by atoms with van der Waals surface area (Å²) < 4.78 is 0. The van der Waals surface area contributed by atoms with Crippen molar-refractivity contribution in [2.24, 2.45) is 17.6 Å². The van der Waals surface area contributed by atoms with Crippen molar-refractivity contribution in [1.82, 2.24) is 5.32 Å².